The van der Waals surface area contributed by atoms with Crippen LogP contribution in [0, 0.1) is 0 Å². The van der Waals surface area contributed by atoms with Crippen LogP contribution in [0.4, 0.5) is 8.78 Å². The van der Waals surface area contributed by atoms with Crippen molar-refractivity contribution in [1.29, 1.82) is 0 Å². The normalized spacial score (nSPS) is 16.5. The second-order valence-corrected chi connectivity index (χ2v) is 4.50. The van der Waals surface area contributed by atoms with Gasteiger partial charge in [0.1, 0.15) is 0 Å². The molecular formula is C13H17F2NO. The van der Waals surface area contributed by atoms with Gasteiger partial charge >= 0.3 is 0 Å². The van der Waals surface area contributed by atoms with Crippen LogP contribution in [0.1, 0.15) is 18.4 Å². The first-order valence-corrected chi connectivity index (χ1v) is 5.92. The van der Waals surface area contributed by atoms with E-state index < -0.39 is 5.92 Å². The van der Waals surface area contributed by atoms with Crippen molar-refractivity contribution in [3.8, 4) is 0 Å². The Labute approximate surface area is 99.9 Å². The van der Waals surface area contributed by atoms with Gasteiger partial charge in [-0.15, -0.1) is 0 Å². The molecular weight excluding hydrogens is 224 g/mol. The van der Waals surface area contributed by atoms with E-state index in [1.165, 1.54) is 12.1 Å². The van der Waals surface area contributed by atoms with Crippen molar-refractivity contribution in [1.82, 2.24) is 4.90 Å². The monoisotopic (exact) mass is 241 g/mol. The third-order valence-corrected chi connectivity index (χ3v) is 3.05. The number of alkyl halides is 2. The van der Waals surface area contributed by atoms with Gasteiger partial charge in [0.2, 0.25) is 0 Å². The van der Waals surface area contributed by atoms with Crippen molar-refractivity contribution < 1.29 is 13.9 Å². The molecule has 0 radical (unpaired) electrons. The van der Waals surface area contributed by atoms with Crippen molar-refractivity contribution in [2.24, 2.45) is 0 Å². The molecule has 0 saturated heterocycles. The molecule has 0 spiro atoms. The van der Waals surface area contributed by atoms with E-state index in [1.807, 2.05) is 0 Å². The van der Waals surface area contributed by atoms with Crippen LogP contribution in [0.25, 0.3) is 0 Å². The van der Waals surface area contributed by atoms with Crippen molar-refractivity contribution in [3.63, 3.8) is 0 Å². The summed E-state index contributed by atoms with van der Waals surface area (Å²) in [6.07, 6.45) is 1.93. The molecule has 1 fully saturated rings. The molecule has 1 N–H and O–H groups in total. The largest absolute Gasteiger partial charge is 0.395 e. The molecule has 0 heterocycles. The van der Waals surface area contributed by atoms with E-state index in [0.29, 0.717) is 6.54 Å². The van der Waals surface area contributed by atoms with E-state index in [1.54, 1.807) is 23.1 Å². The lowest BCUT2D eigenvalue weighted by Crippen LogP contribution is -2.38. The molecule has 2 rings (SSSR count). The Morgan fingerprint density at radius 3 is 2.41 bits per heavy atom. The standard InChI is InChI=1S/C13H17F2NO/c14-13(15,11-4-2-1-3-5-11)10-16(8-9-17)12-6-7-12/h1-5,12,17H,6-10H2. The van der Waals surface area contributed by atoms with Gasteiger partial charge in [0.05, 0.1) is 13.2 Å². The summed E-state index contributed by atoms with van der Waals surface area (Å²) >= 11 is 0. The summed E-state index contributed by atoms with van der Waals surface area (Å²) in [6, 6.07) is 8.10. The van der Waals surface area contributed by atoms with E-state index in [4.69, 9.17) is 5.11 Å². The van der Waals surface area contributed by atoms with E-state index in [0.717, 1.165) is 12.8 Å². The smallest absolute Gasteiger partial charge is 0.285 e. The number of aliphatic hydroxyl groups excluding tert-OH is 1. The van der Waals surface area contributed by atoms with Crippen molar-refractivity contribution >= 4 is 0 Å². The van der Waals surface area contributed by atoms with Crippen LogP contribution in [0.3, 0.4) is 0 Å². The highest BCUT2D eigenvalue weighted by Gasteiger charge is 2.38. The minimum absolute atomic E-state index is 0.0450. The van der Waals surface area contributed by atoms with Gasteiger partial charge < -0.3 is 5.11 Å². The number of rotatable bonds is 6. The number of benzene rings is 1. The van der Waals surface area contributed by atoms with Crippen LogP contribution in [-0.2, 0) is 5.92 Å². The fourth-order valence-corrected chi connectivity index (χ4v) is 1.99. The van der Waals surface area contributed by atoms with Gasteiger partial charge in [0.15, 0.2) is 0 Å². The fourth-order valence-electron chi connectivity index (χ4n) is 1.99. The molecule has 0 atom stereocenters. The van der Waals surface area contributed by atoms with Crippen molar-refractivity contribution in [2.45, 2.75) is 24.8 Å². The Morgan fingerprint density at radius 2 is 1.88 bits per heavy atom. The molecule has 0 aliphatic heterocycles. The summed E-state index contributed by atoms with van der Waals surface area (Å²) in [5, 5.41) is 8.89. The molecule has 0 unspecified atom stereocenters. The highest BCUT2D eigenvalue weighted by Crippen LogP contribution is 2.33. The molecule has 1 aromatic rings. The molecule has 94 valence electrons. The first-order valence-electron chi connectivity index (χ1n) is 5.92. The zero-order valence-electron chi connectivity index (χ0n) is 9.65. The van der Waals surface area contributed by atoms with Gasteiger partial charge in [-0.05, 0) is 12.8 Å². The van der Waals surface area contributed by atoms with Gasteiger partial charge in [-0.25, -0.2) is 0 Å². The van der Waals surface area contributed by atoms with E-state index in [-0.39, 0.29) is 24.8 Å². The number of hydrogen-bond donors (Lipinski definition) is 1. The molecule has 0 amide bonds. The van der Waals surface area contributed by atoms with Crippen LogP contribution in [0.2, 0.25) is 0 Å². The molecule has 1 saturated carbocycles. The van der Waals surface area contributed by atoms with Gasteiger partial charge in [0.25, 0.3) is 5.92 Å². The van der Waals surface area contributed by atoms with Crippen LogP contribution in [0.5, 0.6) is 0 Å². The lowest BCUT2D eigenvalue weighted by Gasteiger charge is -2.26. The van der Waals surface area contributed by atoms with Crippen LogP contribution >= 0.6 is 0 Å². The Hall–Kier alpha value is -1.00. The van der Waals surface area contributed by atoms with E-state index in [2.05, 4.69) is 0 Å². The van der Waals surface area contributed by atoms with Crippen LogP contribution in [0.15, 0.2) is 30.3 Å². The summed E-state index contributed by atoms with van der Waals surface area (Å²) in [5.41, 5.74) is 0.0450. The Bertz CT molecular complexity index is 352. The lowest BCUT2D eigenvalue weighted by atomic mass is 10.1. The predicted octanol–water partition coefficient (Wildman–Crippen LogP) is 2.24. The maximum Gasteiger partial charge on any atom is 0.285 e. The molecule has 4 heteroatoms. The van der Waals surface area contributed by atoms with Crippen LogP contribution < -0.4 is 0 Å². The summed E-state index contributed by atoms with van der Waals surface area (Å²) in [4.78, 5) is 1.69. The Kier molecular flexibility index (Phi) is 3.74. The first kappa shape index (κ1) is 12.5. The zero-order chi connectivity index (χ0) is 12.3. The highest BCUT2D eigenvalue weighted by molar-refractivity contribution is 5.20. The summed E-state index contributed by atoms with van der Waals surface area (Å²) < 4.78 is 28.0. The highest BCUT2D eigenvalue weighted by atomic mass is 19.3. The summed E-state index contributed by atoms with van der Waals surface area (Å²) in [6.45, 7) is -0.0449. The number of halogens is 2. The van der Waals surface area contributed by atoms with Gasteiger partial charge in [0, 0.05) is 18.2 Å². The molecule has 1 aromatic carbocycles. The minimum Gasteiger partial charge on any atom is -0.395 e. The third kappa shape index (κ3) is 3.23. The molecule has 17 heavy (non-hydrogen) atoms. The fraction of sp³-hybridized carbons (Fsp3) is 0.538. The number of aliphatic hydroxyl groups is 1. The topological polar surface area (TPSA) is 23.5 Å². The van der Waals surface area contributed by atoms with Gasteiger partial charge in [-0.3, -0.25) is 4.90 Å². The van der Waals surface area contributed by atoms with Crippen molar-refractivity contribution in [3.05, 3.63) is 35.9 Å². The van der Waals surface area contributed by atoms with Crippen LogP contribution in [-0.4, -0.2) is 35.7 Å². The maximum atomic E-state index is 14.0. The minimum atomic E-state index is -2.85. The molecule has 1 aliphatic rings. The predicted molar refractivity (Wildman–Crippen MR) is 62.0 cm³/mol. The maximum absolute atomic E-state index is 14.0. The SMILES string of the molecule is OCCN(CC(F)(F)c1ccccc1)C1CC1. The molecule has 0 aromatic heterocycles. The third-order valence-electron chi connectivity index (χ3n) is 3.05. The average Bonchev–Trinajstić information content (AvgIpc) is 3.13. The molecule has 1 aliphatic carbocycles. The van der Waals surface area contributed by atoms with Gasteiger partial charge in [-0.2, -0.15) is 8.78 Å². The summed E-state index contributed by atoms with van der Waals surface area (Å²) in [5.74, 6) is -2.85. The number of hydrogen-bond acceptors (Lipinski definition) is 2. The Balaban J connectivity index is 2.04. The van der Waals surface area contributed by atoms with E-state index >= 15 is 0 Å². The first-order chi connectivity index (χ1) is 8.13. The van der Waals surface area contributed by atoms with E-state index in [9.17, 15) is 8.78 Å². The second kappa shape index (κ2) is 5.10. The second-order valence-electron chi connectivity index (χ2n) is 4.50. The average molecular weight is 241 g/mol. The molecule has 2 nitrogen and oxygen atoms in total. The molecule has 0 bridgehead atoms. The quantitative estimate of drug-likeness (QED) is 0.825. The lowest BCUT2D eigenvalue weighted by molar-refractivity contribution is -0.0426. The number of nitrogens with zero attached hydrogens (tertiary/aromatic N) is 1. The van der Waals surface area contributed by atoms with Gasteiger partial charge in [-0.1, -0.05) is 30.3 Å². The summed E-state index contributed by atoms with van der Waals surface area (Å²) in [7, 11) is 0. The Morgan fingerprint density at radius 1 is 1.24 bits per heavy atom. The van der Waals surface area contributed by atoms with Crippen molar-refractivity contribution in [2.75, 3.05) is 19.7 Å². The zero-order valence-corrected chi connectivity index (χ0v) is 9.65.